The zero-order valence-corrected chi connectivity index (χ0v) is 27.5. The summed E-state index contributed by atoms with van der Waals surface area (Å²) in [7, 11) is 0. The number of nitrogens with one attached hydrogen (secondary N) is 4. The van der Waals surface area contributed by atoms with Gasteiger partial charge in [0.25, 0.3) is 0 Å². The maximum Gasteiger partial charge on any atom is 0.408 e. The Labute approximate surface area is 272 Å². The normalized spacial score (nSPS) is 25.6. The number of rotatable bonds is 7. The monoisotopic (exact) mass is 644 g/mol. The van der Waals surface area contributed by atoms with Crippen LogP contribution in [0.25, 0.3) is 0 Å². The molecule has 2 aliphatic heterocycles. The number of hydrogen-bond donors (Lipinski definition) is 5. The van der Waals surface area contributed by atoms with Crippen LogP contribution in [0.3, 0.4) is 0 Å². The molecule has 0 aromatic heterocycles. The lowest BCUT2D eigenvalue weighted by atomic mass is 9.82. The van der Waals surface area contributed by atoms with Crippen molar-refractivity contribution in [1.82, 2.24) is 21.3 Å². The minimum Gasteiger partial charge on any atom is -0.444 e. The number of amides is 4. The molecule has 0 bridgehead atoms. The summed E-state index contributed by atoms with van der Waals surface area (Å²) in [6.07, 6.45) is 5.03. The number of carbonyl (C=O) groups excluding carboxylic acids is 4. The van der Waals surface area contributed by atoms with Gasteiger partial charge in [0, 0.05) is 25.8 Å². The first kappa shape index (κ1) is 35.6. The molecule has 1 aromatic rings. The molecule has 3 fully saturated rings. The minimum atomic E-state index is -1.30. The smallest absolute Gasteiger partial charge is 0.408 e. The van der Waals surface area contributed by atoms with Crippen LogP contribution in [0, 0.1) is 5.92 Å². The number of benzene rings is 1. The van der Waals surface area contributed by atoms with Crippen LogP contribution in [0.15, 0.2) is 30.3 Å². The Morgan fingerprint density at radius 3 is 2.41 bits per heavy atom. The summed E-state index contributed by atoms with van der Waals surface area (Å²) in [6.45, 7) is 6.17. The molecule has 0 unspecified atom stereocenters. The van der Waals surface area contributed by atoms with Crippen LogP contribution >= 0.6 is 0 Å². The van der Waals surface area contributed by atoms with Gasteiger partial charge in [-0.2, -0.15) is 0 Å². The fourth-order valence-corrected chi connectivity index (χ4v) is 6.55. The highest BCUT2D eigenvalue weighted by atomic mass is 16.7. The largest absolute Gasteiger partial charge is 0.444 e. The number of aliphatic hydroxyl groups is 1. The average molecular weight is 645 g/mol. The van der Waals surface area contributed by atoms with Gasteiger partial charge in [0.15, 0.2) is 5.79 Å². The molecule has 4 amide bonds. The zero-order chi connectivity index (χ0) is 33.2. The second-order valence-electron chi connectivity index (χ2n) is 13.8. The van der Waals surface area contributed by atoms with Crippen LogP contribution in [0.2, 0.25) is 0 Å². The summed E-state index contributed by atoms with van der Waals surface area (Å²) < 4.78 is 17.4. The van der Waals surface area contributed by atoms with Crippen molar-refractivity contribution in [1.29, 1.82) is 0 Å². The first-order chi connectivity index (χ1) is 21.9. The van der Waals surface area contributed by atoms with E-state index in [1.54, 1.807) is 20.8 Å². The van der Waals surface area contributed by atoms with E-state index >= 15 is 0 Å². The van der Waals surface area contributed by atoms with E-state index in [1.165, 1.54) is 6.42 Å². The van der Waals surface area contributed by atoms with Crippen molar-refractivity contribution in [3.8, 4) is 0 Å². The molecule has 1 saturated carbocycles. The van der Waals surface area contributed by atoms with Crippen LogP contribution in [-0.4, -0.2) is 84.3 Å². The quantitative estimate of drug-likeness (QED) is 0.303. The summed E-state index contributed by atoms with van der Waals surface area (Å²) in [4.78, 5) is 53.3. The summed E-state index contributed by atoms with van der Waals surface area (Å²) in [5, 5.41) is 23.1. The van der Waals surface area contributed by atoms with Crippen molar-refractivity contribution in [2.24, 2.45) is 5.92 Å². The third-order valence-electron chi connectivity index (χ3n) is 8.85. The molecule has 12 nitrogen and oxygen atoms in total. The van der Waals surface area contributed by atoms with Crippen molar-refractivity contribution < 1.29 is 38.5 Å². The maximum atomic E-state index is 14.0. The van der Waals surface area contributed by atoms with E-state index in [9.17, 15) is 24.3 Å². The second-order valence-corrected chi connectivity index (χ2v) is 13.8. The highest BCUT2D eigenvalue weighted by Gasteiger charge is 2.48. The van der Waals surface area contributed by atoms with Gasteiger partial charge < -0.3 is 40.6 Å². The summed E-state index contributed by atoms with van der Waals surface area (Å²) in [5.41, 5.74) is 0.0188. The molecule has 4 rings (SSSR count). The van der Waals surface area contributed by atoms with Crippen molar-refractivity contribution >= 4 is 23.8 Å². The van der Waals surface area contributed by atoms with Gasteiger partial charge in [-0.25, -0.2) is 4.79 Å². The Balaban J connectivity index is 1.57. The highest BCUT2D eigenvalue weighted by Crippen LogP contribution is 2.35. The van der Waals surface area contributed by atoms with E-state index in [0.29, 0.717) is 44.9 Å². The Kier molecular flexibility index (Phi) is 12.8. The van der Waals surface area contributed by atoms with Crippen LogP contribution in [-0.2, 0) is 35.0 Å². The van der Waals surface area contributed by atoms with E-state index < -0.39 is 53.5 Å². The number of alkyl carbamates (subject to hydrolysis) is 1. The van der Waals surface area contributed by atoms with Crippen LogP contribution in [0.1, 0.15) is 90.5 Å². The van der Waals surface area contributed by atoms with Crippen LogP contribution in [0.4, 0.5) is 4.79 Å². The van der Waals surface area contributed by atoms with Crippen molar-refractivity contribution in [3.05, 3.63) is 35.9 Å². The predicted molar refractivity (Wildman–Crippen MR) is 170 cm³/mol. The molecule has 1 spiro atoms. The van der Waals surface area contributed by atoms with Crippen LogP contribution < -0.4 is 21.3 Å². The first-order valence-corrected chi connectivity index (χ1v) is 16.8. The molecule has 0 radical (unpaired) electrons. The fraction of sp³-hybridized carbons (Fsp3) is 0.706. The highest BCUT2D eigenvalue weighted by molar-refractivity contribution is 5.92. The van der Waals surface area contributed by atoms with Gasteiger partial charge in [-0.3, -0.25) is 14.4 Å². The third-order valence-corrected chi connectivity index (χ3v) is 8.85. The maximum absolute atomic E-state index is 14.0. The third kappa shape index (κ3) is 10.7. The zero-order valence-electron chi connectivity index (χ0n) is 27.5. The summed E-state index contributed by atoms with van der Waals surface area (Å²) >= 11 is 0. The first-order valence-electron chi connectivity index (χ1n) is 16.8. The predicted octanol–water partition coefficient (Wildman–Crippen LogP) is 2.86. The standard InChI is InChI=1S/C34H52N4O8/c1-33(2,3)46-32(43)38-27(22-24-13-8-5-9-14-24)31(42)36-25-15-16-28(39)35-18-10-17-34(44-19-20-45-34)29(40)26(37-30(25)41)21-23-11-6-4-7-12-23/h5,8-9,13-14,23,25-27,29,40H,4,6-7,10-12,15-22H2,1-3H3,(H,35,39)(H,36,42)(H,37,41)(H,38,43)/t25-,26-,27-,29+/m0/s1. The van der Waals surface area contributed by atoms with Gasteiger partial charge in [-0.1, -0.05) is 62.4 Å². The van der Waals surface area contributed by atoms with Crippen LogP contribution in [0.5, 0.6) is 0 Å². The molecule has 12 heteroatoms. The van der Waals surface area contributed by atoms with Gasteiger partial charge in [0.1, 0.15) is 23.8 Å². The molecule has 256 valence electrons. The van der Waals surface area contributed by atoms with Gasteiger partial charge >= 0.3 is 6.09 Å². The molecule has 46 heavy (non-hydrogen) atoms. The van der Waals surface area contributed by atoms with Gasteiger partial charge in [0.05, 0.1) is 19.3 Å². The van der Waals surface area contributed by atoms with Gasteiger partial charge in [0.2, 0.25) is 17.7 Å². The molecule has 4 atom stereocenters. The summed E-state index contributed by atoms with van der Waals surface area (Å²) in [6, 6.07) is 6.34. The van der Waals surface area contributed by atoms with E-state index in [4.69, 9.17) is 14.2 Å². The molecule has 2 saturated heterocycles. The Morgan fingerprint density at radius 1 is 1.04 bits per heavy atom. The minimum absolute atomic E-state index is 0.00476. The SMILES string of the molecule is CC(C)(C)OC(=O)N[C@@H](Cc1ccccc1)C(=O)N[C@H]1CCC(=O)NCCCC2(OCCO2)[C@H](O)[C@H](CC2CCCCC2)NC1=O. The lowest BCUT2D eigenvalue weighted by Crippen LogP contribution is -2.60. The summed E-state index contributed by atoms with van der Waals surface area (Å²) in [5.74, 6) is -2.37. The fourth-order valence-electron chi connectivity index (χ4n) is 6.55. The number of aliphatic hydroxyl groups excluding tert-OH is 1. The molecule has 1 aliphatic carbocycles. The number of carbonyl (C=O) groups is 4. The topological polar surface area (TPSA) is 164 Å². The van der Waals surface area contributed by atoms with Crippen molar-refractivity contribution in [3.63, 3.8) is 0 Å². The second kappa shape index (κ2) is 16.6. The van der Waals surface area contributed by atoms with E-state index in [1.807, 2.05) is 30.3 Å². The molecule has 3 aliphatic rings. The molecule has 2 heterocycles. The van der Waals surface area contributed by atoms with E-state index in [2.05, 4.69) is 21.3 Å². The molecule has 5 N–H and O–H groups in total. The molecule has 1 aromatic carbocycles. The van der Waals surface area contributed by atoms with Crippen molar-refractivity contribution in [2.45, 2.75) is 127 Å². The molecular weight excluding hydrogens is 592 g/mol. The van der Waals surface area contributed by atoms with E-state index in [-0.39, 0.29) is 25.2 Å². The number of hydrogen-bond acceptors (Lipinski definition) is 8. The van der Waals surface area contributed by atoms with Gasteiger partial charge in [-0.05, 0) is 51.5 Å². The average Bonchev–Trinajstić information content (AvgIpc) is 3.50. The Morgan fingerprint density at radius 2 is 1.74 bits per heavy atom. The Hall–Kier alpha value is -3.22. The number of ether oxygens (including phenoxy) is 3. The lowest BCUT2D eigenvalue weighted by Gasteiger charge is -2.39. The van der Waals surface area contributed by atoms with Crippen molar-refractivity contribution in [2.75, 3.05) is 19.8 Å². The van der Waals surface area contributed by atoms with Gasteiger partial charge in [-0.15, -0.1) is 0 Å². The molecular formula is C34H52N4O8. The lowest BCUT2D eigenvalue weighted by molar-refractivity contribution is -0.232. The Bertz CT molecular complexity index is 1160. The van der Waals surface area contributed by atoms with E-state index in [0.717, 1.165) is 31.2 Å².